The maximum atomic E-state index is 14.2. The number of aromatic nitrogens is 1. The monoisotopic (exact) mass is 274 g/mol. The van der Waals surface area contributed by atoms with Crippen molar-refractivity contribution in [1.82, 2.24) is 4.98 Å². The van der Waals surface area contributed by atoms with Crippen LogP contribution in [-0.4, -0.2) is 17.9 Å². The van der Waals surface area contributed by atoms with Crippen LogP contribution >= 0.6 is 0 Å². The summed E-state index contributed by atoms with van der Waals surface area (Å²) in [5.74, 6) is 5.10. The van der Waals surface area contributed by atoms with Crippen LogP contribution in [0.1, 0.15) is 11.3 Å². The molecule has 4 N–H and O–H groups in total. The van der Waals surface area contributed by atoms with Gasteiger partial charge in [0.2, 0.25) is 0 Å². The Morgan fingerprint density at radius 2 is 2.05 bits per heavy atom. The van der Waals surface area contributed by atoms with Crippen LogP contribution < -0.4 is 16.3 Å². The fourth-order valence-corrected chi connectivity index (χ4v) is 1.93. The third-order valence-corrected chi connectivity index (χ3v) is 2.93. The van der Waals surface area contributed by atoms with Crippen molar-refractivity contribution in [3.05, 3.63) is 47.5 Å². The molecule has 0 amide bonds. The Kier molecular flexibility index (Phi) is 3.84. The van der Waals surface area contributed by atoms with Gasteiger partial charge in [-0.1, -0.05) is 6.07 Å². The lowest BCUT2D eigenvalue weighted by atomic mass is 10.0. The van der Waals surface area contributed by atoms with E-state index in [4.69, 9.17) is 16.3 Å². The number of amidine groups is 1. The topological polar surface area (TPSA) is 86.5 Å². The summed E-state index contributed by atoms with van der Waals surface area (Å²) in [6, 6.07) is 6.33. The van der Waals surface area contributed by atoms with Gasteiger partial charge in [0, 0.05) is 17.5 Å². The third kappa shape index (κ3) is 2.40. The van der Waals surface area contributed by atoms with Gasteiger partial charge < -0.3 is 16.3 Å². The van der Waals surface area contributed by atoms with Gasteiger partial charge in [0.1, 0.15) is 11.6 Å². The van der Waals surface area contributed by atoms with E-state index in [1.54, 1.807) is 18.3 Å². The Bertz CT molecular complexity index is 653. The molecule has 2 aromatic rings. The molecule has 1 heterocycles. The van der Waals surface area contributed by atoms with Crippen molar-refractivity contribution >= 4 is 5.84 Å². The van der Waals surface area contributed by atoms with Crippen LogP contribution in [0.5, 0.6) is 5.75 Å². The fourth-order valence-electron chi connectivity index (χ4n) is 1.93. The molecular weight excluding hydrogens is 259 g/mol. The molecule has 1 aromatic carbocycles. The summed E-state index contributed by atoms with van der Waals surface area (Å²) in [6.07, 6.45) is 1.58. The number of ether oxygens (including phenoxy) is 1. The minimum absolute atomic E-state index is 0.0724. The lowest BCUT2D eigenvalue weighted by molar-refractivity contribution is 0.412. The first kappa shape index (κ1) is 13.8. The SMILES string of the molecule is COc1c(/C(N)=N/N)ccc(F)c1-c1ccc(C)nc1. The number of nitrogens with zero attached hydrogens (tertiary/aromatic N) is 2. The molecule has 1 aromatic heterocycles. The van der Waals surface area contributed by atoms with Gasteiger partial charge in [-0.3, -0.25) is 4.98 Å². The van der Waals surface area contributed by atoms with E-state index in [0.29, 0.717) is 11.1 Å². The van der Waals surface area contributed by atoms with Gasteiger partial charge in [0.15, 0.2) is 5.84 Å². The Balaban J connectivity index is 2.71. The molecule has 0 aliphatic rings. The minimum Gasteiger partial charge on any atom is -0.495 e. The zero-order valence-electron chi connectivity index (χ0n) is 11.2. The third-order valence-electron chi connectivity index (χ3n) is 2.93. The van der Waals surface area contributed by atoms with Gasteiger partial charge in [-0.2, -0.15) is 5.10 Å². The quantitative estimate of drug-likeness (QED) is 0.386. The molecule has 0 aliphatic carbocycles. The van der Waals surface area contributed by atoms with Crippen LogP contribution in [0, 0.1) is 12.7 Å². The Hall–Kier alpha value is -2.63. The van der Waals surface area contributed by atoms with Crippen molar-refractivity contribution in [2.45, 2.75) is 6.92 Å². The molecule has 0 unspecified atom stereocenters. The summed E-state index contributed by atoms with van der Waals surface area (Å²) in [5.41, 5.74) is 7.85. The molecule has 0 aliphatic heterocycles. The molecule has 0 atom stereocenters. The minimum atomic E-state index is -0.430. The van der Waals surface area contributed by atoms with E-state index in [2.05, 4.69) is 10.1 Å². The zero-order valence-corrected chi connectivity index (χ0v) is 11.2. The number of aryl methyl sites for hydroxylation is 1. The first-order valence-electron chi connectivity index (χ1n) is 5.91. The molecule has 6 heteroatoms. The van der Waals surface area contributed by atoms with Gasteiger partial charge in [-0.15, -0.1) is 0 Å². The summed E-state index contributed by atoms with van der Waals surface area (Å²) >= 11 is 0. The second-order valence-electron chi connectivity index (χ2n) is 4.21. The van der Waals surface area contributed by atoms with Crippen molar-refractivity contribution in [3.63, 3.8) is 0 Å². The van der Waals surface area contributed by atoms with E-state index in [1.807, 2.05) is 6.92 Å². The molecule has 0 spiro atoms. The Morgan fingerprint density at radius 1 is 1.30 bits per heavy atom. The van der Waals surface area contributed by atoms with Crippen molar-refractivity contribution in [3.8, 4) is 16.9 Å². The molecule has 2 rings (SSSR count). The number of nitrogens with two attached hydrogens (primary N) is 2. The van der Waals surface area contributed by atoms with E-state index >= 15 is 0 Å². The summed E-state index contributed by atoms with van der Waals surface area (Å²) in [7, 11) is 1.44. The largest absolute Gasteiger partial charge is 0.495 e. The molecule has 0 saturated carbocycles. The van der Waals surface area contributed by atoms with Crippen molar-refractivity contribution in [2.24, 2.45) is 16.7 Å². The standard InChI is InChI=1S/C14H15FN4O/c1-8-3-4-9(7-18-8)12-11(15)6-5-10(13(12)20-2)14(16)19-17/h3-7H,17H2,1-2H3,(H2,16,19). The molecule has 0 bridgehead atoms. The second kappa shape index (κ2) is 5.56. The lowest BCUT2D eigenvalue weighted by Gasteiger charge is -2.14. The lowest BCUT2D eigenvalue weighted by Crippen LogP contribution is -2.17. The van der Waals surface area contributed by atoms with Crippen molar-refractivity contribution in [2.75, 3.05) is 7.11 Å². The van der Waals surface area contributed by atoms with Crippen molar-refractivity contribution < 1.29 is 9.13 Å². The molecule has 5 nitrogen and oxygen atoms in total. The van der Waals surface area contributed by atoms with Crippen LogP contribution in [0.2, 0.25) is 0 Å². The van der Waals surface area contributed by atoms with Gasteiger partial charge >= 0.3 is 0 Å². The molecule has 104 valence electrons. The maximum Gasteiger partial charge on any atom is 0.154 e. The molecule has 0 fully saturated rings. The Labute approximate surface area is 116 Å². The molecule has 0 saturated heterocycles. The summed E-state index contributed by atoms with van der Waals surface area (Å²) in [6.45, 7) is 1.85. The average molecular weight is 274 g/mol. The number of hydrazone groups is 1. The van der Waals surface area contributed by atoms with E-state index < -0.39 is 5.82 Å². The second-order valence-corrected chi connectivity index (χ2v) is 4.21. The predicted octanol–water partition coefficient (Wildman–Crippen LogP) is 1.78. The number of methoxy groups -OCH3 is 1. The summed E-state index contributed by atoms with van der Waals surface area (Å²) < 4.78 is 19.4. The first-order valence-corrected chi connectivity index (χ1v) is 5.91. The average Bonchev–Trinajstić information content (AvgIpc) is 2.47. The fraction of sp³-hybridized carbons (Fsp3) is 0.143. The highest BCUT2D eigenvalue weighted by Gasteiger charge is 2.18. The van der Waals surface area contributed by atoms with Gasteiger partial charge in [-0.25, -0.2) is 4.39 Å². The van der Waals surface area contributed by atoms with E-state index in [0.717, 1.165) is 5.69 Å². The predicted molar refractivity (Wildman–Crippen MR) is 75.8 cm³/mol. The van der Waals surface area contributed by atoms with Crippen molar-refractivity contribution in [1.29, 1.82) is 0 Å². The zero-order chi connectivity index (χ0) is 14.7. The summed E-state index contributed by atoms with van der Waals surface area (Å²) in [5, 5.41) is 3.42. The van der Waals surface area contributed by atoms with Crippen LogP contribution in [0.3, 0.4) is 0 Å². The van der Waals surface area contributed by atoms with E-state index in [-0.39, 0.29) is 17.1 Å². The molecule has 20 heavy (non-hydrogen) atoms. The smallest absolute Gasteiger partial charge is 0.154 e. The van der Waals surface area contributed by atoms with Gasteiger partial charge in [0.05, 0.1) is 18.2 Å². The number of rotatable bonds is 3. The number of halogens is 1. The maximum absolute atomic E-state index is 14.2. The molecular formula is C14H15FN4O. The Morgan fingerprint density at radius 3 is 2.60 bits per heavy atom. The number of benzene rings is 1. The van der Waals surface area contributed by atoms with E-state index in [1.165, 1.54) is 19.2 Å². The number of hydrogen-bond donors (Lipinski definition) is 2. The van der Waals surface area contributed by atoms with Crippen LogP contribution in [0.15, 0.2) is 35.6 Å². The summed E-state index contributed by atoms with van der Waals surface area (Å²) in [4.78, 5) is 4.16. The van der Waals surface area contributed by atoms with E-state index in [9.17, 15) is 4.39 Å². The van der Waals surface area contributed by atoms with Gasteiger partial charge in [0.25, 0.3) is 0 Å². The van der Waals surface area contributed by atoms with Crippen LogP contribution in [-0.2, 0) is 0 Å². The number of hydrogen-bond acceptors (Lipinski definition) is 4. The van der Waals surface area contributed by atoms with Crippen LogP contribution in [0.4, 0.5) is 4.39 Å². The van der Waals surface area contributed by atoms with Gasteiger partial charge in [-0.05, 0) is 25.1 Å². The highest BCUT2D eigenvalue weighted by molar-refractivity contribution is 6.02. The molecule has 0 radical (unpaired) electrons. The van der Waals surface area contributed by atoms with Crippen LogP contribution in [0.25, 0.3) is 11.1 Å². The highest BCUT2D eigenvalue weighted by atomic mass is 19.1. The first-order chi connectivity index (χ1) is 9.58. The highest BCUT2D eigenvalue weighted by Crippen LogP contribution is 2.35. The number of pyridine rings is 1. The normalized spacial score (nSPS) is 11.4.